The second-order valence-electron chi connectivity index (χ2n) is 7.57. The van der Waals surface area contributed by atoms with Gasteiger partial charge in [0, 0.05) is 5.56 Å². The van der Waals surface area contributed by atoms with Gasteiger partial charge in [-0.3, -0.25) is 0 Å². The molecule has 0 atom stereocenters. The van der Waals surface area contributed by atoms with Crippen LogP contribution in [0.2, 0.25) is 0 Å². The van der Waals surface area contributed by atoms with Crippen molar-refractivity contribution in [3.63, 3.8) is 0 Å². The molecule has 2 N–H and O–H groups in total. The van der Waals surface area contributed by atoms with Crippen LogP contribution >= 0.6 is 0 Å². The quantitative estimate of drug-likeness (QED) is 0.632. The molecule has 0 bridgehead atoms. The number of anilines is 1. The molecule has 0 spiro atoms. The van der Waals surface area contributed by atoms with Gasteiger partial charge in [-0.15, -0.1) is 0 Å². The lowest BCUT2D eigenvalue weighted by atomic mass is 10.1. The first kappa shape index (κ1) is 20.2. The van der Waals surface area contributed by atoms with Crippen molar-refractivity contribution < 1.29 is 18.8 Å². The molecule has 1 heterocycles. The molecule has 1 aliphatic rings. The number of nitrogens with zero attached hydrogens (tertiary/aromatic N) is 2. The van der Waals surface area contributed by atoms with Crippen LogP contribution in [-0.4, -0.2) is 50.1 Å². The summed E-state index contributed by atoms with van der Waals surface area (Å²) in [6, 6.07) is 5.07. The van der Waals surface area contributed by atoms with E-state index in [0.29, 0.717) is 17.0 Å². The zero-order valence-corrected chi connectivity index (χ0v) is 16.4. The van der Waals surface area contributed by atoms with Crippen molar-refractivity contribution in [3.8, 4) is 0 Å². The van der Waals surface area contributed by atoms with Gasteiger partial charge in [0.25, 0.3) is 0 Å². The smallest absolute Gasteiger partial charge is 0.428 e. The SMILES string of the molecule is CC[NH+]1CCN(c2ccc(/C(C)=N\NC(=O)OC(C)(C)C)cc2F)CC1. The van der Waals surface area contributed by atoms with E-state index >= 15 is 0 Å². The number of hydrogen-bond donors (Lipinski definition) is 2. The Hall–Kier alpha value is -2.15. The van der Waals surface area contributed by atoms with Crippen LogP contribution in [-0.2, 0) is 4.74 Å². The van der Waals surface area contributed by atoms with Gasteiger partial charge in [0.15, 0.2) is 0 Å². The number of carbonyl (C=O) groups excluding carboxylic acids is 1. The van der Waals surface area contributed by atoms with Gasteiger partial charge in [-0.1, -0.05) is 6.07 Å². The summed E-state index contributed by atoms with van der Waals surface area (Å²) in [5.41, 5.74) is 3.51. The summed E-state index contributed by atoms with van der Waals surface area (Å²) < 4.78 is 19.7. The Labute approximate surface area is 155 Å². The van der Waals surface area contributed by atoms with Gasteiger partial charge >= 0.3 is 6.09 Å². The molecule has 1 aromatic carbocycles. The Morgan fingerprint density at radius 3 is 2.54 bits per heavy atom. The molecule has 0 aromatic heterocycles. The minimum absolute atomic E-state index is 0.269. The maximum Gasteiger partial charge on any atom is 0.428 e. The highest BCUT2D eigenvalue weighted by Crippen LogP contribution is 2.21. The molecule has 1 aliphatic heterocycles. The van der Waals surface area contributed by atoms with Crippen molar-refractivity contribution in [2.45, 2.75) is 40.2 Å². The minimum atomic E-state index is -0.634. The second kappa shape index (κ2) is 8.49. The highest BCUT2D eigenvalue weighted by Gasteiger charge is 2.21. The van der Waals surface area contributed by atoms with E-state index in [1.807, 2.05) is 6.07 Å². The fourth-order valence-corrected chi connectivity index (χ4v) is 2.90. The van der Waals surface area contributed by atoms with E-state index in [1.54, 1.807) is 38.7 Å². The number of likely N-dealkylation sites (N-methyl/N-ethyl adjacent to an activating group) is 1. The Kier molecular flexibility index (Phi) is 6.58. The van der Waals surface area contributed by atoms with E-state index in [-0.39, 0.29) is 5.82 Å². The number of hydrazone groups is 1. The predicted octanol–water partition coefficient (Wildman–Crippen LogP) is 1.80. The summed E-state index contributed by atoms with van der Waals surface area (Å²) in [5.74, 6) is -0.269. The molecule has 1 amide bonds. The number of quaternary nitrogens is 1. The molecule has 0 aliphatic carbocycles. The zero-order chi connectivity index (χ0) is 19.3. The molecule has 26 heavy (non-hydrogen) atoms. The molecule has 7 heteroatoms. The van der Waals surface area contributed by atoms with Gasteiger partial charge in [0.05, 0.1) is 44.1 Å². The zero-order valence-electron chi connectivity index (χ0n) is 16.4. The largest absolute Gasteiger partial charge is 0.443 e. The molecule has 2 rings (SSSR count). The van der Waals surface area contributed by atoms with Gasteiger partial charge in [-0.25, -0.2) is 14.6 Å². The van der Waals surface area contributed by atoms with Crippen LogP contribution in [0.4, 0.5) is 14.9 Å². The first-order chi connectivity index (χ1) is 12.2. The number of halogens is 1. The van der Waals surface area contributed by atoms with E-state index < -0.39 is 11.7 Å². The van der Waals surface area contributed by atoms with Crippen molar-refractivity contribution in [2.75, 3.05) is 37.6 Å². The van der Waals surface area contributed by atoms with Crippen molar-refractivity contribution in [3.05, 3.63) is 29.6 Å². The first-order valence-corrected chi connectivity index (χ1v) is 9.11. The summed E-state index contributed by atoms with van der Waals surface area (Å²) in [5, 5.41) is 3.99. The lowest BCUT2D eigenvalue weighted by molar-refractivity contribution is -0.898. The fraction of sp³-hybridized carbons (Fsp3) is 0.579. The fourth-order valence-electron chi connectivity index (χ4n) is 2.90. The normalized spacial score (nSPS) is 16.5. The van der Waals surface area contributed by atoms with Crippen LogP contribution in [0, 0.1) is 5.82 Å². The molecule has 0 radical (unpaired) electrons. The molecule has 144 valence electrons. The number of rotatable bonds is 4. The highest BCUT2D eigenvalue weighted by molar-refractivity contribution is 5.99. The standard InChI is InChI=1S/C19H29FN4O2/c1-6-23-9-11-24(12-10-23)17-8-7-15(13-16(17)20)14(2)21-22-18(25)26-19(3,4)5/h7-8,13H,6,9-12H2,1-5H3,(H,22,25)/p+1/b21-14-. The molecule has 0 saturated carbocycles. The van der Waals surface area contributed by atoms with Crippen molar-refractivity contribution in [2.24, 2.45) is 5.10 Å². The highest BCUT2D eigenvalue weighted by atomic mass is 19.1. The maximum atomic E-state index is 14.6. The van der Waals surface area contributed by atoms with Gasteiger partial charge in [-0.05, 0) is 46.8 Å². The van der Waals surface area contributed by atoms with Gasteiger partial charge in [0.1, 0.15) is 11.4 Å². The van der Waals surface area contributed by atoms with Crippen LogP contribution in [0.25, 0.3) is 0 Å². The van der Waals surface area contributed by atoms with Crippen molar-refractivity contribution in [1.29, 1.82) is 0 Å². The third-order valence-electron chi connectivity index (χ3n) is 4.39. The molecule has 0 unspecified atom stereocenters. The molecule has 6 nitrogen and oxygen atoms in total. The van der Waals surface area contributed by atoms with Crippen LogP contribution < -0.4 is 15.2 Å². The van der Waals surface area contributed by atoms with E-state index in [0.717, 1.165) is 32.7 Å². The van der Waals surface area contributed by atoms with E-state index in [2.05, 4.69) is 22.4 Å². The molecule has 1 saturated heterocycles. The Bertz CT molecular complexity index is 662. The van der Waals surface area contributed by atoms with Gasteiger partial charge in [-0.2, -0.15) is 5.10 Å². The number of hydrogen-bond acceptors (Lipinski definition) is 4. The lowest BCUT2D eigenvalue weighted by Crippen LogP contribution is -3.14. The third-order valence-corrected chi connectivity index (χ3v) is 4.39. The van der Waals surface area contributed by atoms with Crippen LogP contribution in [0.3, 0.4) is 0 Å². The average molecular weight is 365 g/mol. The first-order valence-electron chi connectivity index (χ1n) is 9.11. The number of benzene rings is 1. The Balaban J connectivity index is 2.02. The summed E-state index contributed by atoms with van der Waals surface area (Å²) in [6.45, 7) is 14.1. The van der Waals surface area contributed by atoms with E-state index in [9.17, 15) is 9.18 Å². The van der Waals surface area contributed by atoms with Crippen molar-refractivity contribution in [1.82, 2.24) is 5.43 Å². The van der Waals surface area contributed by atoms with Crippen molar-refractivity contribution >= 4 is 17.5 Å². The lowest BCUT2D eigenvalue weighted by Gasteiger charge is -2.33. The summed E-state index contributed by atoms with van der Waals surface area (Å²) >= 11 is 0. The summed E-state index contributed by atoms with van der Waals surface area (Å²) in [7, 11) is 0. The Morgan fingerprint density at radius 1 is 1.35 bits per heavy atom. The summed E-state index contributed by atoms with van der Waals surface area (Å²) in [4.78, 5) is 15.3. The topological polar surface area (TPSA) is 58.4 Å². The number of ether oxygens (including phenoxy) is 1. The van der Waals surface area contributed by atoms with Crippen LogP contribution in [0.15, 0.2) is 23.3 Å². The van der Waals surface area contributed by atoms with Crippen LogP contribution in [0.1, 0.15) is 40.2 Å². The predicted molar refractivity (Wildman–Crippen MR) is 101 cm³/mol. The maximum absolute atomic E-state index is 14.6. The average Bonchev–Trinajstić information content (AvgIpc) is 2.58. The molecule has 1 aromatic rings. The molecular weight excluding hydrogens is 335 g/mol. The minimum Gasteiger partial charge on any atom is -0.443 e. The third kappa shape index (κ3) is 5.69. The van der Waals surface area contributed by atoms with Gasteiger partial charge < -0.3 is 14.5 Å². The number of nitrogens with one attached hydrogen (secondary N) is 2. The van der Waals surface area contributed by atoms with E-state index in [4.69, 9.17) is 4.74 Å². The molecular formula is C19H30FN4O2+. The van der Waals surface area contributed by atoms with E-state index in [1.165, 1.54) is 6.07 Å². The number of piperazine rings is 1. The second-order valence-corrected chi connectivity index (χ2v) is 7.57. The Morgan fingerprint density at radius 2 is 2.00 bits per heavy atom. The van der Waals surface area contributed by atoms with Gasteiger partial charge in [0.2, 0.25) is 0 Å². The molecule has 1 fully saturated rings. The number of carbonyl (C=O) groups is 1. The number of amides is 1. The summed E-state index contributed by atoms with van der Waals surface area (Å²) in [6.07, 6.45) is -0.634. The monoisotopic (exact) mass is 365 g/mol. The van der Waals surface area contributed by atoms with Crippen LogP contribution in [0.5, 0.6) is 0 Å².